The van der Waals surface area contributed by atoms with E-state index < -0.39 is 4.92 Å². The van der Waals surface area contributed by atoms with Gasteiger partial charge in [0.1, 0.15) is 5.52 Å². The number of aromatic nitrogens is 1. The third-order valence-corrected chi connectivity index (χ3v) is 3.07. The molecule has 0 amide bonds. The van der Waals surface area contributed by atoms with Crippen LogP contribution in [0.5, 0.6) is 0 Å². The number of non-ortho nitro benzene ring substituents is 1. The maximum absolute atomic E-state index is 10.7. The highest BCUT2D eigenvalue weighted by Gasteiger charge is 2.23. The average molecular weight is 248 g/mol. The largest absolute Gasteiger partial charge is 0.423 e. The van der Waals surface area contributed by atoms with E-state index in [1.165, 1.54) is 12.1 Å². The molecule has 1 saturated heterocycles. The van der Waals surface area contributed by atoms with E-state index in [2.05, 4.69) is 4.98 Å². The summed E-state index contributed by atoms with van der Waals surface area (Å²) in [5.74, 6) is 0. The van der Waals surface area contributed by atoms with Crippen molar-refractivity contribution in [1.82, 2.24) is 4.98 Å². The van der Waals surface area contributed by atoms with Crippen LogP contribution >= 0.6 is 0 Å². The number of hydrogen-bond acceptors (Lipinski definition) is 6. The lowest BCUT2D eigenvalue weighted by Gasteiger charge is -2.11. The lowest BCUT2D eigenvalue weighted by molar-refractivity contribution is -0.384. The van der Waals surface area contributed by atoms with E-state index in [4.69, 9.17) is 10.2 Å². The smallest absolute Gasteiger partial charge is 0.298 e. The van der Waals surface area contributed by atoms with E-state index in [1.54, 1.807) is 6.07 Å². The fourth-order valence-corrected chi connectivity index (χ4v) is 2.11. The van der Waals surface area contributed by atoms with Crippen molar-refractivity contribution in [2.75, 3.05) is 18.0 Å². The second kappa shape index (κ2) is 3.95. The summed E-state index contributed by atoms with van der Waals surface area (Å²) in [6, 6.07) is 5.01. The number of nitro benzene ring substituents is 1. The van der Waals surface area contributed by atoms with Gasteiger partial charge in [0.05, 0.1) is 4.92 Å². The molecule has 94 valence electrons. The van der Waals surface area contributed by atoms with Crippen LogP contribution in [0.15, 0.2) is 22.6 Å². The molecule has 0 unspecified atom stereocenters. The first-order valence-corrected chi connectivity index (χ1v) is 5.69. The second-order valence-electron chi connectivity index (χ2n) is 4.40. The monoisotopic (exact) mass is 248 g/mol. The van der Waals surface area contributed by atoms with Crippen molar-refractivity contribution in [3.8, 4) is 0 Å². The maximum Gasteiger partial charge on any atom is 0.298 e. The van der Waals surface area contributed by atoms with Gasteiger partial charge in [-0.1, -0.05) is 0 Å². The van der Waals surface area contributed by atoms with Gasteiger partial charge in [-0.25, -0.2) is 0 Å². The Kier molecular flexibility index (Phi) is 2.41. The minimum Gasteiger partial charge on any atom is -0.423 e. The Balaban J connectivity index is 1.98. The molecule has 0 radical (unpaired) electrons. The van der Waals surface area contributed by atoms with E-state index in [9.17, 15) is 10.1 Å². The lowest BCUT2D eigenvalue weighted by Crippen LogP contribution is -2.26. The molecule has 0 saturated carbocycles. The number of oxazole rings is 1. The van der Waals surface area contributed by atoms with Gasteiger partial charge >= 0.3 is 0 Å². The quantitative estimate of drug-likeness (QED) is 0.634. The van der Waals surface area contributed by atoms with Crippen molar-refractivity contribution in [2.24, 2.45) is 5.73 Å². The first-order valence-electron chi connectivity index (χ1n) is 5.69. The van der Waals surface area contributed by atoms with Gasteiger partial charge < -0.3 is 15.1 Å². The molecule has 1 aliphatic heterocycles. The highest BCUT2D eigenvalue weighted by molar-refractivity contribution is 5.77. The summed E-state index contributed by atoms with van der Waals surface area (Å²) in [6.45, 7) is 1.50. The van der Waals surface area contributed by atoms with Crippen LogP contribution in [0.1, 0.15) is 6.42 Å². The highest BCUT2D eigenvalue weighted by Crippen LogP contribution is 2.27. The molecule has 7 nitrogen and oxygen atoms in total. The fraction of sp³-hybridized carbons (Fsp3) is 0.364. The average Bonchev–Trinajstić information content (AvgIpc) is 2.93. The van der Waals surface area contributed by atoms with Crippen LogP contribution in [0.4, 0.5) is 11.7 Å². The lowest BCUT2D eigenvalue weighted by atomic mass is 10.3. The van der Waals surface area contributed by atoms with E-state index in [0.29, 0.717) is 23.7 Å². The number of nitrogens with two attached hydrogens (primary N) is 1. The van der Waals surface area contributed by atoms with Gasteiger partial charge in [0.2, 0.25) is 0 Å². The van der Waals surface area contributed by atoms with Gasteiger partial charge in [-0.15, -0.1) is 0 Å². The molecule has 0 aliphatic carbocycles. The predicted molar refractivity (Wildman–Crippen MR) is 65.5 cm³/mol. The zero-order chi connectivity index (χ0) is 12.7. The molecular formula is C11H12N4O3. The molecule has 2 heterocycles. The summed E-state index contributed by atoms with van der Waals surface area (Å²) in [5, 5.41) is 10.7. The highest BCUT2D eigenvalue weighted by atomic mass is 16.6. The van der Waals surface area contributed by atoms with Crippen LogP contribution in [0, 0.1) is 10.1 Å². The number of benzene rings is 1. The molecule has 1 fully saturated rings. The molecular weight excluding hydrogens is 236 g/mol. The van der Waals surface area contributed by atoms with Crippen LogP contribution in [-0.2, 0) is 0 Å². The molecule has 18 heavy (non-hydrogen) atoms. The van der Waals surface area contributed by atoms with Crippen molar-refractivity contribution in [3.63, 3.8) is 0 Å². The summed E-state index contributed by atoms with van der Waals surface area (Å²) in [5.41, 5.74) is 6.89. The number of fused-ring (bicyclic) bond motifs is 1. The number of anilines is 1. The number of rotatable bonds is 2. The van der Waals surface area contributed by atoms with Gasteiger partial charge in [-0.05, 0) is 12.5 Å². The van der Waals surface area contributed by atoms with Gasteiger partial charge in [0.25, 0.3) is 11.7 Å². The number of hydrogen-bond donors (Lipinski definition) is 1. The van der Waals surface area contributed by atoms with E-state index in [0.717, 1.165) is 13.0 Å². The Morgan fingerprint density at radius 1 is 1.56 bits per heavy atom. The molecule has 1 aromatic heterocycles. The molecule has 7 heteroatoms. The third kappa shape index (κ3) is 1.78. The standard InChI is InChI=1S/C11H12N4O3/c12-7-3-4-14(6-7)11-13-9-5-8(15(16)17)1-2-10(9)18-11/h1-2,5,7H,3-4,6,12H2/t7-/m1/s1. The van der Waals surface area contributed by atoms with E-state index >= 15 is 0 Å². The summed E-state index contributed by atoms with van der Waals surface area (Å²) >= 11 is 0. The van der Waals surface area contributed by atoms with Crippen molar-refractivity contribution >= 4 is 22.8 Å². The van der Waals surface area contributed by atoms with Crippen LogP contribution in [0.25, 0.3) is 11.1 Å². The van der Waals surface area contributed by atoms with Crippen molar-refractivity contribution in [3.05, 3.63) is 28.3 Å². The van der Waals surface area contributed by atoms with Gasteiger partial charge in [0, 0.05) is 31.3 Å². The number of nitro groups is 1. The van der Waals surface area contributed by atoms with Gasteiger partial charge in [-0.3, -0.25) is 10.1 Å². The van der Waals surface area contributed by atoms with Crippen LogP contribution in [-0.4, -0.2) is 29.0 Å². The Hall–Kier alpha value is -2.15. The molecule has 0 spiro atoms. The Morgan fingerprint density at radius 2 is 2.39 bits per heavy atom. The normalized spacial score (nSPS) is 19.6. The molecule has 2 aromatic rings. The topological polar surface area (TPSA) is 98.4 Å². The first kappa shape index (κ1) is 11.0. The Bertz CT molecular complexity index is 609. The second-order valence-corrected chi connectivity index (χ2v) is 4.40. The van der Waals surface area contributed by atoms with Crippen LogP contribution in [0.3, 0.4) is 0 Å². The SMILES string of the molecule is N[C@@H]1CCN(c2nc3cc([N+](=O)[O-])ccc3o2)C1. The predicted octanol–water partition coefficient (Wildman–Crippen LogP) is 1.27. The third-order valence-electron chi connectivity index (χ3n) is 3.07. The van der Waals surface area contributed by atoms with E-state index in [1.807, 2.05) is 4.90 Å². The maximum atomic E-state index is 10.7. The van der Waals surface area contributed by atoms with Crippen molar-refractivity contribution in [2.45, 2.75) is 12.5 Å². The Morgan fingerprint density at radius 3 is 3.06 bits per heavy atom. The van der Waals surface area contributed by atoms with Crippen molar-refractivity contribution < 1.29 is 9.34 Å². The van der Waals surface area contributed by atoms with Crippen LogP contribution < -0.4 is 10.6 Å². The number of nitrogens with zero attached hydrogens (tertiary/aromatic N) is 3. The van der Waals surface area contributed by atoms with Gasteiger partial charge in [-0.2, -0.15) is 4.98 Å². The molecule has 1 atom stereocenters. The summed E-state index contributed by atoms with van der Waals surface area (Å²) in [6.07, 6.45) is 0.902. The molecule has 3 rings (SSSR count). The first-order chi connectivity index (χ1) is 8.63. The summed E-state index contributed by atoms with van der Waals surface area (Å²) in [4.78, 5) is 16.5. The zero-order valence-electron chi connectivity index (χ0n) is 9.57. The van der Waals surface area contributed by atoms with Gasteiger partial charge in [0.15, 0.2) is 5.58 Å². The Labute approximate surface area is 102 Å². The molecule has 2 N–H and O–H groups in total. The minimum absolute atomic E-state index is 0.0143. The molecule has 1 aromatic carbocycles. The van der Waals surface area contributed by atoms with Crippen LogP contribution in [0.2, 0.25) is 0 Å². The van der Waals surface area contributed by atoms with Crippen molar-refractivity contribution in [1.29, 1.82) is 0 Å². The summed E-state index contributed by atoms with van der Waals surface area (Å²) < 4.78 is 5.57. The fourth-order valence-electron chi connectivity index (χ4n) is 2.11. The molecule has 1 aliphatic rings. The minimum atomic E-state index is -0.445. The molecule has 0 bridgehead atoms. The zero-order valence-corrected chi connectivity index (χ0v) is 9.57. The van der Waals surface area contributed by atoms with E-state index in [-0.39, 0.29) is 11.7 Å². The summed E-state index contributed by atoms with van der Waals surface area (Å²) in [7, 11) is 0.